The highest BCUT2D eigenvalue weighted by molar-refractivity contribution is 5.97. The van der Waals surface area contributed by atoms with E-state index in [1.54, 1.807) is 42.5 Å². The molecule has 2 aromatic rings. The van der Waals surface area contributed by atoms with Gasteiger partial charge in [0.25, 0.3) is 5.91 Å². The standard InChI is InChI=1S/C22H25FN4O4/c23-18-10-5-4-7-16(18)12-14-26(15-20(28)25-31)22(30)27-13-6-11-19(27)21(29)24-17-8-2-1-3-9-17/h1-5,7-10,19,31H,6,11-15H2,(H,24,29)(H,25,28). The Balaban J connectivity index is 1.71. The highest BCUT2D eigenvalue weighted by Gasteiger charge is 2.36. The van der Waals surface area contributed by atoms with Crippen molar-refractivity contribution in [2.24, 2.45) is 0 Å². The summed E-state index contributed by atoms with van der Waals surface area (Å²) < 4.78 is 14.0. The minimum Gasteiger partial charge on any atom is -0.324 e. The molecule has 0 bridgehead atoms. The van der Waals surface area contributed by atoms with E-state index in [1.807, 2.05) is 6.07 Å². The number of hydrogen-bond donors (Lipinski definition) is 3. The second kappa shape index (κ2) is 10.5. The number of urea groups is 1. The summed E-state index contributed by atoms with van der Waals surface area (Å²) in [7, 11) is 0. The van der Waals surface area contributed by atoms with E-state index in [9.17, 15) is 18.8 Å². The summed E-state index contributed by atoms with van der Waals surface area (Å²) in [5.41, 5.74) is 2.55. The van der Waals surface area contributed by atoms with E-state index in [-0.39, 0.29) is 18.9 Å². The van der Waals surface area contributed by atoms with E-state index in [0.29, 0.717) is 30.6 Å². The molecule has 0 saturated carbocycles. The Morgan fingerprint density at radius 3 is 2.52 bits per heavy atom. The molecule has 0 aliphatic carbocycles. The minimum absolute atomic E-state index is 0.0523. The van der Waals surface area contributed by atoms with Crippen molar-refractivity contribution < 1.29 is 24.0 Å². The molecule has 1 aliphatic heterocycles. The Morgan fingerprint density at radius 2 is 1.81 bits per heavy atom. The van der Waals surface area contributed by atoms with Gasteiger partial charge in [-0.3, -0.25) is 14.8 Å². The first kappa shape index (κ1) is 22.2. The van der Waals surface area contributed by atoms with Crippen LogP contribution in [0.25, 0.3) is 0 Å². The summed E-state index contributed by atoms with van der Waals surface area (Å²) in [4.78, 5) is 40.3. The van der Waals surface area contributed by atoms with Gasteiger partial charge in [-0.05, 0) is 43.0 Å². The van der Waals surface area contributed by atoms with Crippen LogP contribution in [-0.2, 0) is 16.0 Å². The number of hydroxylamine groups is 1. The number of carbonyl (C=O) groups is 3. The first-order valence-electron chi connectivity index (χ1n) is 10.1. The largest absolute Gasteiger partial charge is 0.324 e. The average molecular weight is 428 g/mol. The van der Waals surface area contributed by atoms with Gasteiger partial charge in [0.1, 0.15) is 18.4 Å². The van der Waals surface area contributed by atoms with Crippen LogP contribution in [-0.4, -0.2) is 58.5 Å². The number of nitrogens with zero attached hydrogens (tertiary/aromatic N) is 2. The van der Waals surface area contributed by atoms with Gasteiger partial charge in [-0.25, -0.2) is 14.7 Å². The van der Waals surface area contributed by atoms with Crippen LogP contribution in [0.3, 0.4) is 0 Å². The van der Waals surface area contributed by atoms with E-state index in [0.717, 1.165) is 0 Å². The lowest BCUT2D eigenvalue weighted by molar-refractivity contribution is -0.129. The van der Waals surface area contributed by atoms with E-state index in [1.165, 1.54) is 21.3 Å². The van der Waals surface area contributed by atoms with Crippen molar-refractivity contribution >= 4 is 23.5 Å². The van der Waals surface area contributed by atoms with Crippen molar-refractivity contribution in [3.63, 3.8) is 0 Å². The van der Waals surface area contributed by atoms with E-state index in [4.69, 9.17) is 5.21 Å². The molecule has 164 valence electrons. The van der Waals surface area contributed by atoms with Gasteiger partial charge in [-0.15, -0.1) is 0 Å². The Kier molecular flexibility index (Phi) is 7.55. The predicted molar refractivity (Wildman–Crippen MR) is 112 cm³/mol. The summed E-state index contributed by atoms with van der Waals surface area (Å²) >= 11 is 0. The van der Waals surface area contributed by atoms with Gasteiger partial charge in [0.2, 0.25) is 5.91 Å². The Hall–Kier alpha value is -3.46. The molecule has 1 unspecified atom stereocenters. The number of amides is 4. The smallest absolute Gasteiger partial charge is 0.321 e. The van der Waals surface area contributed by atoms with Gasteiger partial charge in [0, 0.05) is 18.8 Å². The van der Waals surface area contributed by atoms with Crippen molar-refractivity contribution in [2.75, 3.05) is 25.0 Å². The molecule has 1 heterocycles. The molecule has 2 aromatic carbocycles. The maximum Gasteiger partial charge on any atom is 0.321 e. The number of hydrogen-bond acceptors (Lipinski definition) is 4. The van der Waals surface area contributed by atoms with Gasteiger partial charge >= 0.3 is 6.03 Å². The third-order valence-corrected chi connectivity index (χ3v) is 5.18. The van der Waals surface area contributed by atoms with E-state index >= 15 is 0 Å². The summed E-state index contributed by atoms with van der Waals surface area (Å²) in [6.07, 6.45) is 1.33. The first-order valence-corrected chi connectivity index (χ1v) is 10.1. The highest BCUT2D eigenvalue weighted by atomic mass is 19.1. The molecule has 9 heteroatoms. The molecule has 3 N–H and O–H groups in total. The van der Waals surface area contributed by atoms with Gasteiger partial charge in [0.05, 0.1) is 0 Å². The number of benzene rings is 2. The van der Waals surface area contributed by atoms with Gasteiger partial charge in [-0.1, -0.05) is 36.4 Å². The van der Waals surface area contributed by atoms with Crippen LogP contribution >= 0.6 is 0 Å². The molecule has 3 rings (SSSR count). The average Bonchev–Trinajstić information content (AvgIpc) is 3.27. The van der Waals surface area contributed by atoms with Crippen molar-refractivity contribution in [3.8, 4) is 0 Å². The third kappa shape index (κ3) is 5.79. The molecule has 4 amide bonds. The lowest BCUT2D eigenvalue weighted by atomic mass is 10.1. The number of rotatable bonds is 7. The molecular weight excluding hydrogens is 403 g/mol. The van der Waals surface area contributed by atoms with E-state index < -0.39 is 30.3 Å². The Labute approximate surface area is 179 Å². The number of anilines is 1. The minimum atomic E-state index is -0.772. The van der Waals surface area contributed by atoms with Crippen LogP contribution in [0.2, 0.25) is 0 Å². The second-order valence-corrected chi connectivity index (χ2v) is 7.29. The van der Waals surface area contributed by atoms with Gasteiger partial charge in [-0.2, -0.15) is 0 Å². The maximum atomic E-state index is 14.0. The van der Waals surface area contributed by atoms with E-state index in [2.05, 4.69) is 5.32 Å². The molecule has 31 heavy (non-hydrogen) atoms. The Bertz CT molecular complexity index is 925. The van der Waals surface area contributed by atoms with Crippen LogP contribution in [0.5, 0.6) is 0 Å². The molecule has 0 spiro atoms. The fourth-order valence-corrected chi connectivity index (χ4v) is 3.60. The lowest BCUT2D eigenvalue weighted by Gasteiger charge is -2.31. The van der Waals surface area contributed by atoms with Crippen LogP contribution in [0.1, 0.15) is 18.4 Å². The number of halogens is 1. The van der Waals surface area contributed by atoms with Crippen LogP contribution in [0, 0.1) is 5.82 Å². The summed E-state index contributed by atoms with van der Waals surface area (Å²) in [5.74, 6) is -1.48. The SMILES string of the molecule is O=C(CN(CCc1ccccc1F)C(=O)N1CCCC1C(=O)Nc1ccccc1)NO. The number of nitrogens with one attached hydrogen (secondary N) is 2. The topological polar surface area (TPSA) is 102 Å². The normalized spacial score (nSPS) is 15.4. The fourth-order valence-electron chi connectivity index (χ4n) is 3.60. The van der Waals surface area contributed by atoms with Gasteiger partial charge < -0.3 is 15.1 Å². The number of carbonyl (C=O) groups excluding carboxylic acids is 3. The quantitative estimate of drug-likeness (QED) is 0.466. The predicted octanol–water partition coefficient (Wildman–Crippen LogP) is 2.40. The lowest BCUT2D eigenvalue weighted by Crippen LogP contribution is -2.52. The van der Waals surface area contributed by atoms with Crippen molar-refractivity contribution in [3.05, 3.63) is 66.0 Å². The molecule has 0 radical (unpaired) electrons. The molecule has 0 aromatic heterocycles. The fraction of sp³-hybridized carbons (Fsp3) is 0.318. The molecule has 8 nitrogen and oxygen atoms in total. The monoisotopic (exact) mass is 428 g/mol. The summed E-state index contributed by atoms with van der Waals surface area (Å²) in [6, 6.07) is 13.9. The number of likely N-dealkylation sites (tertiary alicyclic amines) is 1. The second-order valence-electron chi connectivity index (χ2n) is 7.29. The van der Waals surface area contributed by atoms with Crippen LogP contribution in [0.15, 0.2) is 54.6 Å². The first-order chi connectivity index (χ1) is 15.0. The van der Waals surface area contributed by atoms with Gasteiger partial charge in [0.15, 0.2) is 0 Å². The molecule has 1 aliphatic rings. The maximum absolute atomic E-state index is 14.0. The number of para-hydroxylation sites is 1. The molecule has 1 atom stereocenters. The third-order valence-electron chi connectivity index (χ3n) is 5.18. The van der Waals surface area contributed by atoms with Crippen LogP contribution in [0.4, 0.5) is 14.9 Å². The van der Waals surface area contributed by atoms with Crippen molar-refractivity contribution in [2.45, 2.75) is 25.3 Å². The zero-order valence-electron chi connectivity index (χ0n) is 17.0. The summed E-state index contributed by atoms with van der Waals surface area (Å²) in [6.45, 7) is 0.00662. The van der Waals surface area contributed by atoms with Crippen molar-refractivity contribution in [1.29, 1.82) is 0 Å². The summed E-state index contributed by atoms with van der Waals surface area (Å²) in [5, 5.41) is 11.7. The molecular formula is C22H25FN4O4. The Morgan fingerprint density at radius 1 is 1.10 bits per heavy atom. The molecule has 1 saturated heterocycles. The highest BCUT2D eigenvalue weighted by Crippen LogP contribution is 2.21. The van der Waals surface area contributed by atoms with Crippen LogP contribution < -0.4 is 10.8 Å². The zero-order valence-corrected chi connectivity index (χ0v) is 17.0. The zero-order chi connectivity index (χ0) is 22.2. The van der Waals surface area contributed by atoms with Crippen molar-refractivity contribution in [1.82, 2.24) is 15.3 Å². The molecule has 1 fully saturated rings.